The Bertz CT molecular complexity index is 475. The van der Waals surface area contributed by atoms with Gasteiger partial charge in [0.1, 0.15) is 10.8 Å². The predicted molar refractivity (Wildman–Crippen MR) is 60.4 cm³/mol. The van der Waals surface area contributed by atoms with Gasteiger partial charge in [0.2, 0.25) is 5.91 Å². The number of carbonyl (C=O) groups is 1. The Kier molecular flexibility index (Phi) is 3.33. The average Bonchev–Trinajstić information content (AvgIpc) is 2.23. The lowest BCUT2D eigenvalue weighted by Crippen LogP contribution is -2.23. The summed E-state index contributed by atoms with van der Waals surface area (Å²) >= 11 is 5.16. The molecule has 1 aromatic carbocycles. The van der Waals surface area contributed by atoms with Crippen LogP contribution in [-0.4, -0.2) is 11.8 Å². The lowest BCUT2D eigenvalue weighted by molar-refractivity contribution is -0.118. The molecule has 1 amide bonds. The van der Waals surface area contributed by atoms with Crippen molar-refractivity contribution in [2.45, 2.75) is 11.4 Å². The minimum absolute atomic E-state index is 0.0841. The molecule has 18 heavy (non-hydrogen) atoms. The second kappa shape index (κ2) is 3.99. The molecule has 0 atom stereocenters. The number of benzene rings is 1. The maximum atomic E-state index is 12.5. The van der Waals surface area contributed by atoms with Crippen molar-refractivity contribution < 1.29 is 24.2 Å². The number of amides is 1. The normalized spacial score (nSPS) is 15.7. The number of hydrogen-bond acceptors (Lipinski definition) is 1. The van der Waals surface area contributed by atoms with E-state index in [9.17, 15) is 24.2 Å². The molecular formula is C9H9ClF5NOS. The molecule has 0 saturated heterocycles. The Morgan fingerprint density at radius 2 is 1.83 bits per heavy atom. The van der Waals surface area contributed by atoms with Gasteiger partial charge in [0.15, 0.2) is 0 Å². The quantitative estimate of drug-likeness (QED) is 0.655. The minimum atomic E-state index is -9.67. The Morgan fingerprint density at radius 1 is 1.22 bits per heavy atom. The van der Waals surface area contributed by atoms with Gasteiger partial charge >= 0.3 is 10.2 Å². The van der Waals surface area contributed by atoms with Gasteiger partial charge in [-0.25, -0.2) is 0 Å². The van der Waals surface area contributed by atoms with Gasteiger partial charge in [0, 0.05) is 6.54 Å². The second-order valence-electron chi connectivity index (χ2n) is 3.53. The Balaban J connectivity index is 2.98. The van der Waals surface area contributed by atoms with E-state index in [1.807, 2.05) is 0 Å². The van der Waals surface area contributed by atoms with E-state index >= 15 is 0 Å². The molecule has 0 unspecified atom stereocenters. The molecule has 0 bridgehead atoms. The highest BCUT2D eigenvalue weighted by Crippen LogP contribution is 3.02. The van der Waals surface area contributed by atoms with Crippen molar-refractivity contribution >= 4 is 27.7 Å². The van der Waals surface area contributed by atoms with E-state index in [4.69, 9.17) is 11.6 Å². The summed E-state index contributed by atoms with van der Waals surface area (Å²) in [7, 11) is -9.67. The fourth-order valence-corrected chi connectivity index (χ4v) is 1.95. The van der Waals surface area contributed by atoms with Gasteiger partial charge in [-0.2, -0.15) is 0 Å². The van der Waals surface area contributed by atoms with Crippen molar-refractivity contribution in [3.8, 4) is 0 Å². The van der Waals surface area contributed by atoms with Gasteiger partial charge < -0.3 is 5.32 Å². The number of carbonyl (C=O) groups excluding carboxylic acids is 1. The maximum Gasteiger partial charge on any atom is 0.310 e. The molecule has 2 nitrogen and oxygen atoms in total. The second-order valence-corrected chi connectivity index (χ2v) is 6.20. The highest BCUT2D eigenvalue weighted by Gasteiger charge is 2.65. The fraction of sp³-hybridized carbons (Fsp3) is 0.222. The number of alkyl halides is 1. The van der Waals surface area contributed by atoms with Gasteiger partial charge in [-0.05, 0) is 17.7 Å². The third-order valence-electron chi connectivity index (χ3n) is 1.95. The number of hydrogen-bond donors (Lipinski definition) is 1. The van der Waals surface area contributed by atoms with E-state index in [1.54, 1.807) is 0 Å². The van der Waals surface area contributed by atoms with E-state index < -0.39 is 21.0 Å². The molecular weight excluding hydrogens is 301 g/mol. The third-order valence-corrected chi connectivity index (χ3v) is 3.34. The predicted octanol–water partition coefficient (Wildman–Crippen LogP) is 4.20. The summed E-state index contributed by atoms with van der Waals surface area (Å²) in [6.45, 7) is -0.298. The first-order valence-corrected chi connectivity index (χ1v) is 7.06. The monoisotopic (exact) mass is 309 g/mol. The van der Waals surface area contributed by atoms with Crippen molar-refractivity contribution in [2.24, 2.45) is 0 Å². The van der Waals surface area contributed by atoms with Crippen LogP contribution in [0.5, 0.6) is 0 Å². The molecule has 0 heterocycles. The zero-order valence-corrected chi connectivity index (χ0v) is 10.4. The summed E-state index contributed by atoms with van der Waals surface area (Å²) in [5, 5.41) is 2.18. The van der Waals surface area contributed by atoms with E-state index in [0.717, 1.165) is 6.07 Å². The standard InChI is InChI=1S/C9H9ClF5NOS/c10-5-9(17)16-6-7-2-1-3-8(4-7)18(11,12,13,14)15/h1-4H,5-6H2,(H,16,17). The van der Waals surface area contributed by atoms with E-state index in [-0.39, 0.29) is 18.0 Å². The van der Waals surface area contributed by atoms with Crippen LogP contribution in [0.3, 0.4) is 0 Å². The molecule has 0 fully saturated rings. The van der Waals surface area contributed by atoms with Crippen molar-refractivity contribution in [1.82, 2.24) is 5.32 Å². The van der Waals surface area contributed by atoms with Crippen LogP contribution in [0.2, 0.25) is 0 Å². The molecule has 1 aromatic rings. The van der Waals surface area contributed by atoms with Crippen LogP contribution in [0.1, 0.15) is 5.56 Å². The smallest absolute Gasteiger partial charge is 0.310 e. The van der Waals surface area contributed by atoms with E-state index in [0.29, 0.717) is 12.1 Å². The summed E-state index contributed by atoms with van der Waals surface area (Å²) < 4.78 is 62.4. The molecule has 0 spiro atoms. The Morgan fingerprint density at radius 3 is 2.33 bits per heavy atom. The van der Waals surface area contributed by atoms with Crippen LogP contribution in [0.4, 0.5) is 19.4 Å². The zero-order valence-electron chi connectivity index (χ0n) is 8.81. The first kappa shape index (κ1) is 15.0. The van der Waals surface area contributed by atoms with Crippen molar-refractivity contribution in [3.63, 3.8) is 0 Å². The fourth-order valence-electron chi connectivity index (χ4n) is 1.14. The zero-order chi connectivity index (χ0) is 14.1. The SMILES string of the molecule is O=C(CCl)NCc1cccc(S(F)(F)(F)(F)F)c1. The highest BCUT2D eigenvalue weighted by molar-refractivity contribution is 8.45. The first-order valence-electron chi connectivity index (χ1n) is 4.58. The lowest BCUT2D eigenvalue weighted by Gasteiger charge is -2.40. The van der Waals surface area contributed by atoms with Gasteiger partial charge in [-0.3, -0.25) is 4.79 Å². The van der Waals surface area contributed by atoms with Gasteiger partial charge in [0.25, 0.3) is 0 Å². The molecule has 9 heteroatoms. The molecule has 0 aliphatic carbocycles. The van der Waals surface area contributed by atoms with Gasteiger partial charge in [0.05, 0.1) is 0 Å². The molecule has 0 aliphatic heterocycles. The lowest BCUT2D eigenvalue weighted by atomic mass is 10.2. The summed E-state index contributed by atoms with van der Waals surface area (Å²) in [4.78, 5) is 8.81. The van der Waals surface area contributed by atoms with Gasteiger partial charge in [-0.15, -0.1) is 11.6 Å². The number of halogens is 6. The van der Waals surface area contributed by atoms with Crippen molar-refractivity contribution in [2.75, 3.05) is 5.88 Å². The highest BCUT2D eigenvalue weighted by atomic mass is 35.5. The number of nitrogens with one attached hydrogen (secondary N) is 1. The van der Waals surface area contributed by atoms with Crippen LogP contribution in [-0.2, 0) is 11.3 Å². The minimum Gasteiger partial charge on any atom is -0.351 e. The van der Waals surface area contributed by atoms with Crippen LogP contribution >= 0.6 is 21.8 Å². The Labute approximate surface area is 105 Å². The summed E-state index contributed by atoms with van der Waals surface area (Å²) in [6.07, 6.45) is 0. The summed E-state index contributed by atoms with van der Waals surface area (Å²) in [5.74, 6) is -0.962. The summed E-state index contributed by atoms with van der Waals surface area (Å²) in [6, 6.07) is 2.67. The topological polar surface area (TPSA) is 29.1 Å². The number of rotatable bonds is 4. The largest absolute Gasteiger partial charge is 0.351 e. The van der Waals surface area contributed by atoms with Crippen LogP contribution in [0.15, 0.2) is 29.2 Å². The molecule has 0 saturated carbocycles. The van der Waals surface area contributed by atoms with Crippen molar-refractivity contribution in [1.29, 1.82) is 0 Å². The van der Waals surface area contributed by atoms with Crippen LogP contribution in [0, 0.1) is 0 Å². The maximum absolute atomic E-state index is 12.5. The Hall–Kier alpha value is -1.02. The van der Waals surface area contributed by atoms with Gasteiger partial charge in [-0.1, -0.05) is 31.6 Å². The molecule has 0 radical (unpaired) electrons. The summed E-state index contributed by atoms with van der Waals surface area (Å²) in [5.41, 5.74) is -0.0841. The molecule has 104 valence electrons. The molecule has 1 rings (SSSR count). The van der Waals surface area contributed by atoms with Crippen molar-refractivity contribution in [3.05, 3.63) is 29.8 Å². The first-order chi connectivity index (χ1) is 7.92. The van der Waals surface area contributed by atoms with E-state index in [1.165, 1.54) is 6.07 Å². The van der Waals surface area contributed by atoms with Crippen LogP contribution < -0.4 is 5.32 Å². The third kappa shape index (κ3) is 4.34. The van der Waals surface area contributed by atoms with E-state index in [2.05, 4.69) is 5.32 Å². The molecule has 1 N–H and O–H groups in total. The average molecular weight is 310 g/mol. The molecule has 0 aromatic heterocycles. The van der Waals surface area contributed by atoms with Crippen LogP contribution in [0.25, 0.3) is 0 Å². The molecule has 0 aliphatic rings.